The fourth-order valence-electron chi connectivity index (χ4n) is 3.18. The molecule has 10 heteroatoms. The number of rotatable bonds is 7. The number of hydrogen-bond donors (Lipinski definition) is 0. The Labute approximate surface area is 187 Å². The van der Waals surface area contributed by atoms with E-state index in [2.05, 4.69) is 9.98 Å². The first kappa shape index (κ1) is 23.7. The maximum atomic E-state index is 13.5. The van der Waals surface area contributed by atoms with E-state index in [4.69, 9.17) is 9.47 Å². The Morgan fingerprint density at radius 3 is 2.48 bits per heavy atom. The van der Waals surface area contributed by atoms with Crippen molar-refractivity contribution in [2.45, 2.75) is 12.6 Å². The fourth-order valence-corrected chi connectivity index (χ4v) is 3.18. The van der Waals surface area contributed by atoms with E-state index in [0.29, 0.717) is 11.1 Å². The number of nitrogens with zero attached hydrogens (tertiary/aromatic N) is 3. The monoisotopic (exact) mass is 459 g/mol. The van der Waals surface area contributed by atoms with Crippen LogP contribution in [-0.4, -0.2) is 49.4 Å². The van der Waals surface area contributed by atoms with E-state index >= 15 is 0 Å². The zero-order valence-corrected chi connectivity index (χ0v) is 17.8. The number of pyridine rings is 1. The molecule has 0 fully saturated rings. The summed E-state index contributed by atoms with van der Waals surface area (Å²) in [6, 6.07) is 11.3. The Morgan fingerprint density at radius 1 is 1.12 bits per heavy atom. The second kappa shape index (κ2) is 10.1. The summed E-state index contributed by atoms with van der Waals surface area (Å²) < 4.78 is 50.1. The van der Waals surface area contributed by atoms with E-state index in [1.165, 1.54) is 37.6 Å². The van der Waals surface area contributed by atoms with Crippen LogP contribution in [0.1, 0.15) is 11.1 Å². The van der Waals surface area contributed by atoms with Crippen LogP contribution >= 0.6 is 0 Å². The summed E-state index contributed by atoms with van der Waals surface area (Å²) in [5, 5.41) is 0. The van der Waals surface area contributed by atoms with Crippen LogP contribution in [0.3, 0.4) is 0 Å². The first-order valence-electron chi connectivity index (χ1n) is 9.71. The van der Waals surface area contributed by atoms with Crippen molar-refractivity contribution in [3.8, 4) is 0 Å². The number of halogens is 3. The highest BCUT2D eigenvalue weighted by molar-refractivity contribution is 6.42. The van der Waals surface area contributed by atoms with Gasteiger partial charge in [0.1, 0.15) is 17.1 Å². The highest BCUT2D eigenvalue weighted by Gasteiger charge is 2.38. The SMILES string of the molecule is COC=C(C(=O)OC)c1ccccc1CC(=O)C1=NC(C(F)(F)F)=CN(c2ccccn2)C1. The molecule has 0 atom stereocenters. The van der Waals surface area contributed by atoms with E-state index in [0.717, 1.165) is 6.20 Å². The first-order chi connectivity index (χ1) is 15.7. The molecule has 0 spiro atoms. The van der Waals surface area contributed by atoms with Gasteiger partial charge in [-0.1, -0.05) is 30.3 Å². The minimum atomic E-state index is -4.75. The third-order valence-corrected chi connectivity index (χ3v) is 4.71. The van der Waals surface area contributed by atoms with Crippen molar-refractivity contribution in [3.63, 3.8) is 0 Å². The van der Waals surface area contributed by atoms with Gasteiger partial charge in [0.2, 0.25) is 0 Å². The maximum absolute atomic E-state index is 13.5. The molecule has 1 aliphatic heterocycles. The Balaban J connectivity index is 1.94. The largest absolute Gasteiger partial charge is 0.503 e. The molecule has 0 amide bonds. The predicted molar refractivity (Wildman–Crippen MR) is 115 cm³/mol. The van der Waals surface area contributed by atoms with Crippen molar-refractivity contribution in [2.24, 2.45) is 4.99 Å². The van der Waals surface area contributed by atoms with E-state index < -0.39 is 23.6 Å². The number of ether oxygens (including phenoxy) is 2. The summed E-state index contributed by atoms with van der Waals surface area (Å²) in [7, 11) is 2.55. The van der Waals surface area contributed by atoms with Gasteiger partial charge >= 0.3 is 12.1 Å². The highest BCUT2D eigenvalue weighted by atomic mass is 19.4. The predicted octanol–water partition coefficient (Wildman–Crippen LogP) is 3.72. The number of ketones is 1. The number of benzene rings is 1. The van der Waals surface area contributed by atoms with Crippen molar-refractivity contribution in [2.75, 3.05) is 25.7 Å². The van der Waals surface area contributed by atoms with E-state index in [1.807, 2.05) is 0 Å². The molecule has 172 valence electrons. The topological polar surface area (TPSA) is 81.1 Å². The fraction of sp³-hybridized carbons (Fsp3) is 0.217. The average Bonchev–Trinajstić information content (AvgIpc) is 2.82. The number of anilines is 1. The third kappa shape index (κ3) is 5.65. The molecule has 1 aliphatic rings. The molecule has 0 N–H and O–H groups in total. The number of alkyl halides is 3. The van der Waals surface area contributed by atoms with Crippen LogP contribution in [0.5, 0.6) is 0 Å². The lowest BCUT2D eigenvalue weighted by Gasteiger charge is -2.25. The molecule has 0 saturated heterocycles. The average molecular weight is 459 g/mol. The molecule has 1 aromatic carbocycles. The summed E-state index contributed by atoms with van der Waals surface area (Å²) >= 11 is 0. The molecule has 33 heavy (non-hydrogen) atoms. The number of carbonyl (C=O) groups excluding carboxylic acids is 2. The standard InChI is InChI=1S/C23H20F3N3O4/c1-32-14-17(22(31)33-2)16-8-4-3-7-15(16)11-19(30)18-12-29(21-9-5-6-10-27-21)13-20(28-18)23(24,25)26/h3-10,13-14H,11-12H2,1-2H3. The van der Waals surface area contributed by atoms with Crippen LogP contribution in [0.2, 0.25) is 0 Å². The zero-order chi connectivity index (χ0) is 24.0. The van der Waals surface area contributed by atoms with Crippen LogP contribution in [0.25, 0.3) is 5.57 Å². The van der Waals surface area contributed by atoms with Crippen molar-refractivity contribution in [1.82, 2.24) is 4.98 Å². The number of Topliss-reactive ketones (excluding diaryl/α,β-unsaturated/α-hetero) is 1. The Bertz CT molecular complexity index is 1130. The molecule has 0 radical (unpaired) electrons. The summed E-state index contributed by atoms with van der Waals surface area (Å²) in [4.78, 5) is 34.1. The molecule has 2 heterocycles. The number of methoxy groups -OCH3 is 2. The quantitative estimate of drug-likeness (QED) is 0.357. The summed E-state index contributed by atoms with van der Waals surface area (Å²) in [5.74, 6) is -1.06. The maximum Gasteiger partial charge on any atom is 0.434 e. The molecular formula is C23H20F3N3O4. The summed E-state index contributed by atoms with van der Waals surface area (Å²) in [6.45, 7) is -0.185. The molecular weight excluding hydrogens is 439 g/mol. The summed E-state index contributed by atoms with van der Waals surface area (Å²) in [6.07, 6.45) is -1.59. The molecule has 3 rings (SSSR count). The molecule has 0 unspecified atom stereocenters. The van der Waals surface area contributed by atoms with Gasteiger partial charge < -0.3 is 14.4 Å². The van der Waals surface area contributed by atoms with Crippen LogP contribution in [-0.2, 0) is 25.5 Å². The van der Waals surface area contributed by atoms with Gasteiger partial charge in [0.05, 0.1) is 27.0 Å². The molecule has 0 aliphatic carbocycles. The molecule has 1 aromatic heterocycles. The Hall–Kier alpha value is -3.95. The van der Waals surface area contributed by atoms with Gasteiger partial charge in [0, 0.05) is 18.8 Å². The lowest BCUT2D eigenvalue weighted by Crippen LogP contribution is -2.36. The van der Waals surface area contributed by atoms with Crippen molar-refractivity contribution in [3.05, 3.63) is 77.9 Å². The highest BCUT2D eigenvalue weighted by Crippen LogP contribution is 2.30. The van der Waals surface area contributed by atoms with E-state index in [1.54, 1.807) is 36.4 Å². The van der Waals surface area contributed by atoms with Gasteiger partial charge in [-0.3, -0.25) is 4.79 Å². The lowest BCUT2D eigenvalue weighted by molar-refractivity contribution is -0.133. The van der Waals surface area contributed by atoms with Gasteiger partial charge in [0.25, 0.3) is 0 Å². The number of allylic oxidation sites excluding steroid dienone is 1. The Kier molecular flexibility index (Phi) is 7.27. The van der Waals surface area contributed by atoms with Crippen molar-refractivity contribution < 1.29 is 32.2 Å². The van der Waals surface area contributed by atoms with Gasteiger partial charge in [-0.2, -0.15) is 13.2 Å². The van der Waals surface area contributed by atoms with Crippen LogP contribution < -0.4 is 4.90 Å². The molecule has 0 saturated carbocycles. The summed E-state index contributed by atoms with van der Waals surface area (Å²) in [5.41, 5.74) is -0.637. The van der Waals surface area contributed by atoms with E-state index in [9.17, 15) is 22.8 Å². The number of aliphatic imine (C=N–C) groups is 1. The van der Waals surface area contributed by atoms with E-state index in [-0.39, 0.29) is 30.1 Å². The van der Waals surface area contributed by atoms with Gasteiger partial charge in [-0.05, 0) is 23.3 Å². The second-order valence-corrected chi connectivity index (χ2v) is 6.90. The number of esters is 1. The number of aromatic nitrogens is 1. The first-order valence-corrected chi connectivity index (χ1v) is 9.71. The van der Waals surface area contributed by atoms with Crippen molar-refractivity contribution in [1.29, 1.82) is 0 Å². The normalized spacial score (nSPS) is 14.3. The molecule has 2 aromatic rings. The third-order valence-electron chi connectivity index (χ3n) is 4.71. The van der Waals surface area contributed by atoms with Crippen LogP contribution in [0, 0.1) is 0 Å². The zero-order valence-electron chi connectivity index (χ0n) is 17.8. The minimum Gasteiger partial charge on any atom is -0.503 e. The Morgan fingerprint density at radius 2 is 1.85 bits per heavy atom. The smallest absolute Gasteiger partial charge is 0.434 e. The van der Waals surface area contributed by atoms with Gasteiger partial charge in [0.15, 0.2) is 11.5 Å². The van der Waals surface area contributed by atoms with Gasteiger partial charge in [-0.25, -0.2) is 14.8 Å². The number of carbonyl (C=O) groups is 2. The van der Waals surface area contributed by atoms with Crippen LogP contribution in [0.15, 0.2) is 71.8 Å². The molecule has 7 nitrogen and oxygen atoms in total. The van der Waals surface area contributed by atoms with Gasteiger partial charge in [-0.15, -0.1) is 0 Å². The lowest BCUT2D eigenvalue weighted by atomic mass is 9.95. The second-order valence-electron chi connectivity index (χ2n) is 6.90. The van der Waals surface area contributed by atoms with Crippen LogP contribution in [0.4, 0.5) is 19.0 Å². The number of hydrogen-bond acceptors (Lipinski definition) is 7. The van der Waals surface area contributed by atoms with Crippen molar-refractivity contribution >= 4 is 28.9 Å². The molecule has 0 bridgehead atoms. The minimum absolute atomic E-state index is 0.0694.